The zero-order valence-electron chi connectivity index (χ0n) is 12.4. The number of amides is 2. The number of nitrogens with zero attached hydrogens (tertiary/aromatic N) is 2. The molecule has 2 heterocycles. The highest BCUT2D eigenvalue weighted by atomic mass is 32.1. The Labute approximate surface area is 128 Å². The fraction of sp³-hybridized carbons (Fsp3) is 0.533. The molecule has 1 fully saturated rings. The number of piperazine rings is 1. The Balaban J connectivity index is 1.98. The van der Waals surface area contributed by atoms with Crippen LogP contribution in [0.1, 0.15) is 34.8 Å². The lowest BCUT2D eigenvalue weighted by Gasteiger charge is -2.33. The fourth-order valence-electron chi connectivity index (χ4n) is 2.29. The Bertz CT molecular complexity index is 553. The van der Waals surface area contributed by atoms with Crippen molar-refractivity contribution < 1.29 is 14.4 Å². The van der Waals surface area contributed by atoms with Crippen LogP contribution in [0.2, 0.25) is 0 Å². The lowest BCUT2D eigenvalue weighted by atomic mass is 10.2. The maximum absolute atomic E-state index is 12.2. The maximum atomic E-state index is 12.2. The summed E-state index contributed by atoms with van der Waals surface area (Å²) in [4.78, 5) is 40.9. The standard InChI is InChI=1S/C15H20N2O3S/c1-3-7-16-9-15(20)17(10-14(16)19)8-12(18)13-6-5-11(4-2)21-13/h5-6H,3-4,7-10H2,1-2H3. The van der Waals surface area contributed by atoms with Crippen molar-refractivity contribution in [2.75, 3.05) is 26.2 Å². The Morgan fingerprint density at radius 3 is 2.43 bits per heavy atom. The molecule has 0 radical (unpaired) electrons. The zero-order valence-corrected chi connectivity index (χ0v) is 13.2. The van der Waals surface area contributed by atoms with Crippen molar-refractivity contribution in [1.29, 1.82) is 0 Å². The number of carbonyl (C=O) groups is 3. The van der Waals surface area contributed by atoms with Crippen LogP contribution in [0.3, 0.4) is 0 Å². The molecule has 1 saturated heterocycles. The second kappa shape index (κ2) is 6.85. The van der Waals surface area contributed by atoms with Gasteiger partial charge in [0, 0.05) is 11.4 Å². The van der Waals surface area contributed by atoms with Gasteiger partial charge >= 0.3 is 0 Å². The Morgan fingerprint density at radius 2 is 1.81 bits per heavy atom. The molecular formula is C15H20N2O3S. The molecule has 21 heavy (non-hydrogen) atoms. The topological polar surface area (TPSA) is 57.7 Å². The number of thiophene rings is 1. The molecule has 2 rings (SSSR count). The van der Waals surface area contributed by atoms with E-state index in [-0.39, 0.29) is 37.2 Å². The van der Waals surface area contributed by atoms with E-state index in [0.717, 1.165) is 17.7 Å². The molecule has 0 atom stereocenters. The minimum absolute atomic E-state index is 0.00575. The summed E-state index contributed by atoms with van der Waals surface area (Å²) in [5.41, 5.74) is 0. The molecule has 0 aliphatic carbocycles. The number of aryl methyl sites for hydroxylation is 1. The average Bonchev–Trinajstić information content (AvgIpc) is 2.93. The predicted molar refractivity (Wildman–Crippen MR) is 81.5 cm³/mol. The first kappa shape index (κ1) is 15.7. The van der Waals surface area contributed by atoms with E-state index >= 15 is 0 Å². The van der Waals surface area contributed by atoms with Crippen LogP contribution in [0.25, 0.3) is 0 Å². The van der Waals surface area contributed by atoms with E-state index in [4.69, 9.17) is 0 Å². The highest BCUT2D eigenvalue weighted by molar-refractivity contribution is 7.14. The van der Waals surface area contributed by atoms with Crippen molar-refractivity contribution in [3.8, 4) is 0 Å². The van der Waals surface area contributed by atoms with Crippen LogP contribution in [0.15, 0.2) is 12.1 Å². The number of hydrogen-bond acceptors (Lipinski definition) is 4. The molecular weight excluding hydrogens is 288 g/mol. The van der Waals surface area contributed by atoms with E-state index in [9.17, 15) is 14.4 Å². The summed E-state index contributed by atoms with van der Waals surface area (Å²) in [7, 11) is 0. The van der Waals surface area contributed by atoms with Crippen molar-refractivity contribution in [2.24, 2.45) is 0 Å². The molecule has 0 unspecified atom stereocenters. The highest BCUT2D eigenvalue weighted by Gasteiger charge is 2.30. The van der Waals surface area contributed by atoms with Crippen LogP contribution in [-0.2, 0) is 16.0 Å². The second-order valence-electron chi connectivity index (χ2n) is 5.11. The largest absolute Gasteiger partial charge is 0.332 e. The van der Waals surface area contributed by atoms with Crippen molar-refractivity contribution >= 4 is 28.9 Å². The van der Waals surface area contributed by atoms with Gasteiger partial charge in [0.25, 0.3) is 0 Å². The van der Waals surface area contributed by atoms with Gasteiger partial charge in [-0.05, 0) is 25.0 Å². The molecule has 0 aromatic carbocycles. The molecule has 2 amide bonds. The van der Waals surface area contributed by atoms with Crippen molar-refractivity contribution in [2.45, 2.75) is 26.7 Å². The minimum Gasteiger partial charge on any atom is -0.332 e. The van der Waals surface area contributed by atoms with Crippen LogP contribution in [0, 0.1) is 0 Å². The van der Waals surface area contributed by atoms with Gasteiger partial charge in [-0.15, -0.1) is 11.3 Å². The van der Waals surface area contributed by atoms with Crippen molar-refractivity contribution in [3.63, 3.8) is 0 Å². The molecule has 1 aliphatic heterocycles. The minimum atomic E-state index is -0.149. The van der Waals surface area contributed by atoms with E-state index in [1.165, 1.54) is 16.2 Å². The maximum Gasteiger partial charge on any atom is 0.243 e. The SMILES string of the molecule is CCCN1CC(=O)N(CC(=O)c2ccc(CC)s2)CC1=O. The molecule has 0 N–H and O–H groups in total. The molecule has 1 aliphatic rings. The first-order valence-corrected chi connectivity index (χ1v) is 8.04. The predicted octanol–water partition coefficient (Wildman–Crippen LogP) is 1.57. The smallest absolute Gasteiger partial charge is 0.243 e. The Morgan fingerprint density at radius 1 is 1.14 bits per heavy atom. The molecule has 5 nitrogen and oxygen atoms in total. The number of ketones is 1. The van der Waals surface area contributed by atoms with Gasteiger partial charge in [0.2, 0.25) is 11.8 Å². The van der Waals surface area contributed by atoms with Gasteiger partial charge < -0.3 is 9.80 Å². The Kier molecular flexibility index (Phi) is 5.12. The van der Waals surface area contributed by atoms with Crippen LogP contribution in [-0.4, -0.2) is 53.6 Å². The van der Waals surface area contributed by atoms with Gasteiger partial charge in [-0.1, -0.05) is 13.8 Å². The summed E-state index contributed by atoms with van der Waals surface area (Å²) in [5.74, 6) is -0.321. The molecule has 6 heteroatoms. The van der Waals surface area contributed by atoms with Crippen LogP contribution >= 0.6 is 11.3 Å². The van der Waals surface area contributed by atoms with E-state index in [0.29, 0.717) is 11.4 Å². The summed E-state index contributed by atoms with van der Waals surface area (Å²) in [5, 5.41) is 0. The van der Waals surface area contributed by atoms with Crippen LogP contribution in [0.4, 0.5) is 0 Å². The van der Waals surface area contributed by atoms with E-state index in [1.54, 1.807) is 11.0 Å². The first-order valence-electron chi connectivity index (χ1n) is 7.22. The summed E-state index contributed by atoms with van der Waals surface area (Å²) < 4.78 is 0. The van der Waals surface area contributed by atoms with Crippen molar-refractivity contribution in [3.05, 3.63) is 21.9 Å². The monoisotopic (exact) mass is 308 g/mol. The third-order valence-electron chi connectivity index (χ3n) is 3.47. The number of carbonyl (C=O) groups excluding carboxylic acids is 3. The quantitative estimate of drug-likeness (QED) is 0.750. The van der Waals surface area contributed by atoms with Gasteiger partial charge in [-0.3, -0.25) is 14.4 Å². The van der Waals surface area contributed by atoms with E-state index in [1.807, 2.05) is 19.9 Å². The molecule has 114 valence electrons. The zero-order chi connectivity index (χ0) is 15.4. The number of hydrogen-bond donors (Lipinski definition) is 0. The first-order chi connectivity index (χ1) is 10.0. The molecule has 0 saturated carbocycles. The number of rotatable bonds is 6. The second-order valence-corrected chi connectivity index (χ2v) is 6.28. The van der Waals surface area contributed by atoms with Gasteiger partial charge in [0.1, 0.15) is 6.54 Å². The third-order valence-corrected chi connectivity index (χ3v) is 4.74. The lowest BCUT2D eigenvalue weighted by molar-refractivity contribution is -0.149. The molecule has 0 spiro atoms. The normalized spacial score (nSPS) is 15.7. The number of Topliss-reactive ketones (excluding diaryl/α,β-unsaturated/α-hetero) is 1. The lowest BCUT2D eigenvalue weighted by Crippen LogP contribution is -2.54. The van der Waals surface area contributed by atoms with Gasteiger partial charge in [-0.2, -0.15) is 0 Å². The van der Waals surface area contributed by atoms with Gasteiger partial charge in [-0.25, -0.2) is 0 Å². The van der Waals surface area contributed by atoms with Gasteiger partial charge in [0.15, 0.2) is 5.78 Å². The van der Waals surface area contributed by atoms with Crippen LogP contribution < -0.4 is 0 Å². The van der Waals surface area contributed by atoms with E-state index in [2.05, 4.69) is 0 Å². The average molecular weight is 308 g/mol. The Hall–Kier alpha value is -1.69. The fourth-order valence-corrected chi connectivity index (χ4v) is 3.17. The summed E-state index contributed by atoms with van der Waals surface area (Å²) in [6, 6.07) is 3.73. The third kappa shape index (κ3) is 3.69. The van der Waals surface area contributed by atoms with Crippen LogP contribution in [0.5, 0.6) is 0 Å². The van der Waals surface area contributed by atoms with Gasteiger partial charge in [0.05, 0.1) is 18.0 Å². The molecule has 0 bridgehead atoms. The summed E-state index contributed by atoms with van der Waals surface area (Å²) >= 11 is 1.46. The van der Waals surface area contributed by atoms with E-state index < -0.39 is 0 Å². The highest BCUT2D eigenvalue weighted by Crippen LogP contribution is 2.18. The summed E-state index contributed by atoms with van der Waals surface area (Å²) in [6.45, 7) is 4.69. The van der Waals surface area contributed by atoms with Crippen molar-refractivity contribution in [1.82, 2.24) is 9.80 Å². The molecule has 1 aromatic rings. The molecule has 1 aromatic heterocycles. The summed E-state index contributed by atoms with van der Waals surface area (Å²) in [6.07, 6.45) is 1.72.